The van der Waals surface area contributed by atoms with E-state index < -0.39 is 0 Å². The first-order valence-corrected chi connectivity index (χ1v) is 6.80. The summed E-state index contributed by atoms with van der Waals surface area (Å²) in [6, 6.07) is 0. The van der Waals surface area contributed by atoms with Gasteiger partial charge in [0.05, 0.1) is 0 Å². The molecule has 5 heteroatoms. The van der Waals surface area contributed by atoms with Gasteiger partial charge < -0.3 is 10.1 Å². The lowest BCUT2D eigenvalue weighted by atomic mass is 10.4. The number of nitrogens with zero attached hydrogens (tertiary/aromatic N) is 2. The van der Waals surface area contributed by atoms with Crippen LogP contribution in [0.25, 0.3) is 0 Å². The topological polar surface area (TPSA) is 47.0 Å². The van der Waals surface area contributed by atoms with Gasteiger partial charge in [0.25, 0.3) is 0 Å². The minimum Gasteiger partial charge on any atom is -0.381 e. The van der Waals surface area contributed by atoms with Crippen molar-refractivity contribution in [3.8, 4) is 0 Å². The molecule has 0 spiro atoms. The lowest BCUT2D eigenvalue weighted by Crippen LogP contribution is -2.06. The molecule has 0 bridgehead atoms. The summed E-state index contributed by atoms with van der Waals surface area (Å²) >= 11 is 1.44. The minimum atomic E-state index is 0.850. The molecule has 0 atom stereocenters. The van der Waals surface area contributed by atoms with Crippen molar-refractivity contribution < 1.29 is 4.74 Å². The minimum absolute atomic E-state index is 0.850. The number of anilines is 1. The van der Waals surface area contributed by atoms with Crippen LogP contribution in [0.1, 0.15) is 32.0 Å². The highest BCUT2D eigenvalue weighted by molar-refractivity contribution is 7.09. The van der Waals surface area contributed by atoms with E-state index in [1.165, 1.54) is 24.4 Å². The lowest BCUT2D eigenvalue weighted by molar-refractivity contribution is 0.124. The summed E-state index contributed by atoms with van der Waals surface area (Å²) in [5.74, 6) is 1.79. The molecule has 1 saturated carbocycles. The molecule has 1 aliphatic rings. The second kappa shape index (κ2) is 6.15. The molecule has 0 aromatic carbocycles. The first kappa shape index (κ1) is 11.8. The van der Waals surface area contributed by atoms with Crippen LogP contribution in [0, 0.1) is 5.92 Å². The molecule has 1 fully saturated rings. The fourth-order valence-electron chi connectivity index (χ4n) is 1.37. The Hall–Kier alpha value is -0.680. The molecule has 1 aliphatic carbocycles. The van der Waals surface area contributed by atoms with Crippen molar-refractivity contribution in [2.24, 2.45) is 5.92 Å². The van der Waals surface area contributed by atoms with Gasteiger partial charge in [-0.05, 0) is 25.2 Å². The molecule has 1 aromatic rings. The zero-order chi connectivity index (χ0) is 11.2. The molecular weight excluding hydrogens is 222 g/mol. The van der Waals surface area contributed by atoms with Gasteiger partial charge in [-0.1, -0.05) is 6.92 Å². The zero-order valence-corrected chi connectivity index (χ0v) is 10.6. The lowest BCUT2D eigenvalue weighted by Gasteiger charge is -2.03. The molecule has 1 aromatic heterocycles. The van der Waals surface area contributed by atoms with Crippen LogP contribution in [-0.4, -0.2) is 29.1 Å². The highest BCUT2D eigenvalue weighted by Gasteiger charge is 2.20. The third-order valence-electron chi connectivity index (χ3n) is 2.58. The number of rotatable bonds is 8. The van der Waals surface area contributed by atoms with Crippen LogP contribution in [0.2, 0.25) is 0 Å². The number of aryl methyl sites for hydroxylation is 1. The summed E-state index contributed by atoms with van der Waals surface area (Å²) < 4.78 is 9.77. The van der Waals surface area contributed by atoms with Crippen molar-refractivity contribution in [3.05, 3.63) is 5.82 Å². The smallest absolute Gasteiger partial charge is 0.202 e. The molecule has 1 N–H and O–H groups in total. The molecule has 0 aliphatic heterocycles. The Labute approximate surface area is 101 Å². The van der Waals surface area contributed by atoms with Crippen LogP contribution < -0.4 is 5.32 Å². The van der Waals surface area contributed by atoms with Crippen LogP contribution in [-0.2, 0) is 11.2 Å². The largest absolute Gasteiger partial charge is 0.381 e. The van der Waals surface area contributed by atoms with Gasteiger partial charge in [-0.2, -0.15) is 4.37 Å². The zero-order valence-electron chi connectivity index (χ0n) is 9.74. The van der Waals surface area contributed by atoms with Gasteiger partial charge in [0, 0.05) is 37.7 Å². The fourth-order valence-corrected chi connectivity index (χ4v) is 2.05. The monoisotopic (exact) mass is 241 g/mol. The molecule has 4 nitrogen and oxygen atoms in total. The van der Waals surface area contributed by atoms with Gasteiger partial charge in [-0.25, -0.2) is 4.98 Å². The first-order chi connectivity index (χ1) is 7.88. The van der Waals surface area contributed by atoms with Crippen LogP contribution in [0.5, 0.6) is 0 Å². The number of hydrogen-bond acceptors (Lipinski definition) is 5. The Bertz CT molecular complexity index is 312. The quantitative estimate of drug-likeness (QED) is 0.710. The molecule has 0 amide bonds. The van der Waals surface area contributed by atoms with Crippen LogP contribution in [0.4, 0.5) is 5.13 Å². The van der Waals surface area contributed by atoms with E-state index in [0.717, 1.165) is 49.5 Å². The van der Waals surface area contributed by atoms with Gasteiger partial charge in [0.15, 0.2) is 0 Å². The second-order valence-electron chi connectivity index (χ2n) is 4.17. The van der Waals surface area contributed by atoms with Crippen molar-refractivity contribution in [2.75, 3.05) is 25.1 Å². The molecule has 16 heavy (non-hydrogen) atoms. The Balaban J connectivity index is 1.49. The Morgan fingerprint density at radius 2 is 2.38 bits per heavy atom. The summed E-state index contributed by atoms with van der Waals surface area (Å²) in [5, 5.41) is 4.20. The van der Waals surface area contributed by atoms with Gasteiger partial charge in [0.2, 0.25) is 5.13 Å². The number of hydrogen-bond donors (Lipinski definition) is 1. The van der Waals surface area contributed by atoms with Gasteiger partial charge in [-0.3, -0.25) is 0 Å². The normalized spacial score (nSPS) is 15.3. The van der Waals surface area contributed by atoms with E-state index in [1.807, 2.05) is 0 Å². The maximum absolute atomic E-state index is 5.55. The van der Waals surface area contributed by atoms with E-state index in [1.54, 1.807) is 0 Å². The third-order valence-corrected chi connectivity index (χ3v) is 3.29. The summed E-state index contributed by atoms with van der Waals surface area (Å²) in [6.45, 7) is 4.79. The molecule has 0 radical (unpaired) electrons. The maximum Gasteiger partial charge on any atom is 0.202 e. The van der Waals surface area contributed by atoms with Crippen molar-refractivity contribution in [1.82, 2.24) is 9.36 Å². The SMILES string of the molecule is CCc1nsc(NCCCOCC2CC2)n1. The van der Waals surface area contributed by atoms with E-state index in [4.69, 9.17) is 4.74 Å². The summed E-state index contributed by atoms with van der Waals surface area (Å²) in [6.07, 6.45) is 4.67. The van der Waals surface area contributed by atoms with Crippen molar-refractivity contribution >= 4 is 16.7 Å². The van der Waals surface area contributed by atoms with Crippen molar-refractivity contribution in [3.63, 3.8) is 0 Å². The number of aromatic nitrogens is 2. The second-order valence-corrected chi connectivity index (χ2v) is 4.92. The first-order valence-electron chi connectivity index (χ1n) is 6.02. The predicted octanol–water partition coefficient (Wildman–Crippen LogP) is 2.33. The Morgan fingerprint density at radius 1 is 1.50 bits per heavy atom. The van der Waals surface area contributed by atoms with Crippen LogP contribution >= 0.6 is 11.5 Å². The molecule has 0 saturated heterocycles. The summed E-state index contributed by atoms with van der Waals surface area (Å²) in [7, 11) is 0. The van der Waals surface area contributed by atoms with Crippen molar-refractivity contribution in [1.29, 1.82) is 0 Å². The number of nitrogens with one attached hydrogen (secondary N) is 1. The number of ether oxygens (including phenoxy) is 1. The Kier molecular flexibility index (Phi) is 4.54. The van der Waals surface area contributed by atoms with E-state index in [9.17, 15) is 0 Å². The van der Waals surface area contributed by atoms with E-state index in [2.05, 4.69) is 21.6 Å². The van der Waals surface area contributed by atoms with Crippen LogP contribution in [0.3, 0.4) is 0 Å². The van der Waals surface area contributed by atoms with Crippen molar-refractivity contribution in [2.45, 2.75) is 32.6 Å². The average Bonchev–Trinajstić information content (AvgIpc) is 3.01. The highest BCUT2D eigenvalue weighted by atomic mass is 32.1. The average molecular weight is 241 g/mol. The third kappa shape index (κ3) is 4.06. The predicted molar refractivity (Wildman–Crippen MR) is 65.9 cm³/mol. The standard InChI is InChI=1S/C11H19N3OS/c1-2-10-13-11(16-14-10)12-6-3-7-15-8-9-4-5-9/h9H,2-8H2,1H3,(H,12,13,14). The fraction of sp³-hybridized carbons (Fsp3) is 0.818. The molecular formula is C11H19N3OS. The van der Waals surface area contributed by atoms with E-state index in [0.29, 0.717) is 0 Å². The molecule has 1 heterocycles. The summed E-state index contributed by atoms with van der Waals surface area (Å²) in [4.78, 5) is 4.34. The maximum atomic E-state index is 5.55. The van der Waals surface area contributed by atoms with E-state index >= 15 is 0 Å². The summed E-state index contributed by atoms with van der Waals surface area (Å²) in [5.41, 5.74) is 0. The highest BCUT2D eigenvalue weighted by Crippen LogP contribution is 2.28. The van der Waals surface area contributed by atoms with E-state index in [-0.39, 0.29) is 0 Å². The Morgan fingerprint density at radius 3 is 3.06 bits per heavy atom. The molecule has 2 rings (SSSR count). The van der Waals surface area contributed by atoms with Crippen LogP contribution in [0.15, 0.2) is 0 Å². The van der Waals surface area contributed by atoms with Gasteiger partial charge in [-0.15, -0.1) is 0 Å². The van der Waals surface area contributed by atoms with Gasteiger partial charge >= 0.3 is 0 Å². The van der Waals surface area contributed by atoms with Gasteiger partial charge in [0.1, 0.15) is 5.82 Å². The molecule has 0 unspecified atom stereocenters. The molecule has 90 valence electrons.